The molecule has 2 bridgehead atoms. The van der Waals surface area contributed by atoms with Gasteiger partial charge in [-0.3, -0.25) is 4.79 Å². The molecule has 5 atom stereocenters. The van der Waals surface area contributed by atoms with Crippen molar-refractivity contribution in [2.45, 2.75) is 58.8 Å². The Balaban J connectivity index is 2.03. The van der Waals surface area contributed by atoms with Gasteiger partial charge in [0.2, 0.25) is 0 Å². The smallest absolute Gasteiger partial charge is 0.309 e. The molecule has 4 fully saturated rings. The molecule has 4 aliphatic rings. The molecule has 2 N–H and O–H groups in total. The van der Waals surface area contributed by atoms with E-state index in [4.69, 9.17) is 0 Å². The number of allylic oxidation sites excluding steroid dienone is 1. The molecule has 0 saturated heterocycles. The molecule has 0 amide bonds. The summed E-state index contributed by atoms with van der Waals surface area (Å²) in [5.74, 6) is -0.173. The minimum atomic E-state index is -0.618. The lowest BCUT2D eigenvalue weighted by Crippen LogP contribution is -2.74. The number of aliphatic hydroxyl groups is 1. The zero-order chi connectivity index (χ0) is 15.5. The number of fused-ring (bicyclic) bond motifs is 2. The summed E-state index contributed by atoms with van der Waals surface area (Å²) in [4.78, 5) is 12.0. The molecule has 21 heavy (non-hydrogen) atoms. The lowest BCUT2D eigenvalue weighted by atomic mass is 9.25. The molecule has 4 saturated carbocycles. The van der Waals surface area contributed by atoms with Gasteiger partial charge in [0.1, 0.15) is 0 Å². The molecule has 1 spiro atoms. The van der Waals surface area contributed by atoms with Crippen LogP contribution in [0.4, 0.5) is 0 Å². The number of rotatable bonds is 4. The summed E-state index contributed by atoms with van der Waals surface area (Å²) in [6.07, 6.45) is 8.55. The van der Waals surface area contributed by atoms with Crippen LogP contribution in [0.3, 0.4) is 0 Å². The van der Waals surface area contributed by atoms with Crippen LogP contribution >= 0.6 is 0 Å². The molecule has 0 aliphatic heterocycles. The summed E-state index contributed by atoms with van der Waals surface area (Å²) in [6, 6.07) is 0. The molecular formula is C18H28O3. The first-order valence-electron chi connectivity index (χ1n) is 8.27. The summed E-state index contributed by atoms with van der Waals surface area (Å²) >= 11 is 0. The average Bonchev–Trinajstić information content (AvgIpc) is 2.45. The van der Waals surface area contributed by atoms with E-state index in [-0.39, 0.29) is 22.9 Å². The van der Waals surface area contributed by atoms with Crippen LogP contribution in [0.2, 0.25) is 0 Å². The van der Waals surface area contributed by atoms with Gasteiger partial charge in [0.15, 0.2) is 0 Å². The number of hydrogen-bond acceptors (Lipinski definition) is 2. The lowest BCUT2D eigenvalue weighted by molar-refractivity contribution is -0.307. The van der Waals surface area contributed by atoms with Gasteiger partial charge in [-0.25, -0.2) is 0 Å². The monoisotopic (exact) mass is 292 g/mol. The zero-order valence-electron chi connectivity index (χ0n) is 13.3. The van der Waals surface area contributed by atoms with E-state index in [1.165, 1.54) is 0 Å². The molecule has 0 radical (unpaired) electrons. The molecule has 4 aliphatic carbocycles. The third-order valence-corrected chi connectivity index (χ3v) is 7.97. The van der Waals surface area contributed by atoms with Crippen LogP contribution in [0.15, 0.2) is 12.7 Å². The maximum atomic E-state index is 12.0. The van der Waals surface area contributed by atoms with Crippen molar-refractivity contribution in [3.63, 3.8) is 0 Å². The first kappa shape index (κ1) is 15.1. The van der Waals surface area contributed by atoms with Gasteiger partial charge in [-0.15, -0.1) is 6.58 Å². The van der Waals surface area contributed by atoms with E-state index in [9.17, 15) is 15.0 Å². The third kappa shape index (κ3) is 1.46. The van der Waals surface area contributed by atoms with E-state index in [1.54, 1.807) is 0 Å². The zero-order valence-corrected chi connectivity index (χ0v) is 13.3. The second-order valence-electron chi connectivity index (χ2n) is 8.26. The summed E-state index contributed by atoms with van der Waals surface area (Å²) < 4.78 is 0. The number of carboxylic acids is 1. The van der Waals surface area contributed by atoms with E-state index >= 15 is 0 Å². The molecule has 118 valence electrons. The Kier molecular flexibility index (Phi) is 3.12. The standard InChI is InChI=1S/C18H28O3/c1-4-6-17(12-19)9-10-18-11-13(17)15(18,2)7-5-8-16(18,3)14(20)21/h4,13,19H,1,5-12H2,2-3H3,(H,20,21)/t13?,15-,16-,17-,18?/m0/s1. The molecule has 4 rings (SSSR count). The molecule has 2 unspecified atom stereocenters. The SMILES string of the molecule is C=CC[C@@]1(CO)CCC23CC1[C@]2(C)CCC[C@@]3(C)C(=O)O. The Morgan fingerprint density at radius 1 is 1.29 bits per heavy atom. The molecule has 0 aromatic carbocycles. The first-order valence-corrected chi connectivity index (χ1v) is 8.27. The highest BCUT2D eigenvalue weighted by atomic mass is 16.4. The minimum absolute atomic E-state index is 0.0605. The highest BCUT2D eigenvalue weighted by Crippen LogP contribution is 2.82. The molecular weight excluding hydrogens is 264 g/mol. The van der Waals surface area contributed by atoms with Crippen LogP contribution in [-0.2, 0) is 4.79 Å². The number of aliphatic hydroxyl groups excluding tert-OH is 1. The molecule has 0 aromatic rings. The second-order valence-corrected chi connectivity index (χ2v) is 8.26. The van der Waals surface area contributed by atoms with Gasteiger partial charge >= 0.3 is 5.97 Å². The molecule has 0 heterocycles. The van der Waals surface area contributed by atoms with Crippen LogP contribution in [0.5, 0.6) is 0 Å². The van der Waals surface area contributed by atoms with Gasteiger partial charge in [-0.1, -0.05) is 19.4 Å². The van der Waals surface area contributed by atoms with E-state index < -0.39 is 11.4 Å². The topological polar surface area (TPSA) is 57.5 Å². The molecule has 3 heteroatoms. The van der Waals surface area contributed by atoms with Crippen molar-refractivity contribution in [2.75, 3.05) is 6.61 Å². The van der Waals surface area contributed by atoms with Crippen molar-refractivity contribution in [1.82, 2.24) is 0 Å². The van der Waals surface area contributed by atoms with Gasteiger partial charge in [-0.05, 0) is 62.2 Å². The van der Waals surface area contributed by atoms with Crippen molar-refractivity contribution in [3.8, 4) is 0 Å². The summed E-state index contributed by atoms with van der Waals surface area (Å²) in [5, 5.41) is 19.9. The number of hydrogen-bond donors (Lipinski definition) is 2. The summed E-state index contributed by atoms with van der Waals surface area (Å²) in [5.41, 5.74) is -0.641. The van der Waals surface area contributed by atoms with Crippen LogP contribution in [0, 0.1) is 27.6 Å². The molecule has 3 nitrogen and oxygen atoms in total. The van der Waals surface area contributed by atoms with Crippen molar-refractivity contribution in [3.05, 3.63) is 12.7 Å². The average molecular weight is 292 g/mol. The predicted octanol–water partition coefficient (Wildman–Crippen LogP) is 3.62. The first-order chi connectivity index (χ1) is 9.82. The fourth-order valence-electron chi connectivity index (χ4n) is 6.62. The Labute approximate surface area is 127 Å². The number of aliphatic carboxylic acids is 1. The predicted molar refractivity (Wildman–Crippen MR) is 81.8 cm³/mol. The van der Waals surface area contributed by atoms with Gasteiger partial charge in [-0.2, -0.15) is 0 Å². The van der Waals surface area contributed by atoms with Gasteiger partial charge < -0.3 is 10.2 Å². The summed E-state index contributed by atoms with van der Waals surface area (Å²) in [6.45, 7) is 8.36. The van der Waals surface area contributed by atoms with Crippen molar-refractivity contribution >= 4 is 5.97 Å². The van der Waals surface area contributed by atoms with E-state index in [0.29, 0.717) is 5.92 Å². The van der Waals surface area contributed by atoms with Crippen molar-refractivity contribution in [2.24, 2.45) is 27.6 Å². The van der Waals surface area contributed by atoms with E-state index in [0.717, 1.165) is 44.9 Å². The van der Waals surface area contributed by atoms with E-state index in [2.05, 4.69) is 13.5 Å². The largest absolute Gasteiger partial charge is 0.481 e. The maximum absolute atomic E-state index is 12.0. The summed E-state index contributed by atoms with van der Waals surface area (Å²) in [7, 11) is 0. The van der Waals surface area contributed by atoms with Crippen molar-refractivity contribution in [1.29, 1.82) is 0 Å². The minimum Gasteiger partial charge on any atom is -0.481 e. The lowest BCUT2D eigenvalue weighted by Gasteiger charge is -2.78. The maximum Gasteiger partial charge on any atom is 0.309 e. The van der Waals surface area contributed by atoms with Crippen LogP contribution in [-0.4, -0.2) is 22.8 Å². The third-order valence-electron chi connectivity index (χ3n) is 7.97. The van der Waals surface area contributed by atoms with Crippen LogP contribution < -0.4 is 0 Å². The Morgan fingerprint density at radius 2 is 2.00 bits per heavy atom. The highest BCUT2D eigenvalue weighted by molar-refractivity contribution is 5.76. The number of carbonyl (C=O) groups is 1. The second kappa shape index (κ2) is 4.34. The van der Waals surface area contributed by atoms with Gasteiger partial charge in [0, 0.05) is 12.0 Å². The normalized spacial score (nSPS) is 51.7. The van der Waals surface area contributed by atoms with Crippen molar-refractivity contribution < 1.29 is 15.0 Å². The Hall–Kier alpha value is -0.830. The van der Waals surface area contributed by atoms with E-state index in [1.807, 2.05) is 13.0 Å². The van der Waals surface area contributed by atoms with Crippen LogP contribution in [0.25, 0.3) is 0 Å². The fourth-order valence-corrected chi connectivity index (χ4v) is 6.62. The van der Waals surface area contributed by atoms with Gasteiger partial charge in [0.25, 0.3) is 0 Å². The van der Waals surface area contributed by atoms with Gasteiger partial charge in [0.05, 0.1) is 5.41 Å². The van der Waals surface area contributed by atoms with Crippen LogP contribution in [0.1, 0.15) is 58.8 Å². The highest BCUT2D eigenvalue weighted by Gasteiger charge is 2.77. The Bertz CT molecular complexity index is 483. The Morgan fingerprint density at radius 3 is 2.52 bits per heavy atom. The fraction of sp³-hybridized carbons (Fsp3) is 0.833. The molecule has 0 aromatic heterocycles. The quantitative estimate of drug-likeness (QED) is 0.778. The number of carboxylic acid groups (broad SMARTS) is 1.